The molecule has 1 aliphatic rings. The van der Waals surface area contributed by atoms with E-state index in [1.807, 2.05) is 0 Å². The number of nitrogens with zero attached hydrogens (tertiary/aromatic N) is 1. The number of halogens is 4. The molecule has 0 aromatic rings. The maximum absolute atomic E-state index is 13.1. The van der Waals surface area contributed by atoms with Gasteiger partial charge in [0.05, 0.1) is 11.9 Å². The predicted octanol–water partition coefficient (Wildman–Crippen LogP) is 0.199. The monoisotopic (exact) mass is 369 g/mol. The van der Waals surface area contributed by atoms with E-state index >= 15 is 0 Å². The van der Waals surface area contributed by atoms with Crippen LogP contribution in [0.15, 0.2) is 0 Å². The van der Waals surface area contributed by atoms with Crippen molar-refractivity contribution in [1.82, 2.24) is 14.9 Å². The van der Waals surface area contributed by atoms with E-state index in [1.165, 1.54) is 18.9 Å². The molecule has 1 fully saturated rings. The molecule has 1 saturated heterocycles. The molecule has 1 aliphatic heterocycles. The van der Waals surface area contributed by atoms with Crippen LogP contribution in [0, 0.1) is 0 Å². The molecule has 1 rings (SSSR count). The van der Waals surface area contributed by atoms with Crippen molar-refractivity contribution in [3.8, 4) is 0 Å². The van der Waals surface area contributed by atoms with Gasteiger partial charge in [-0.15, -0.1) is 12.4 Å². The number of alkyl halides is 3. The Hall–Kier alpha value is -0.130. The lowest BCUT2D eigenvalue weighted by Gasteiger charge is -2.36. The normalized spacial score (nSPS) is 20.2. The van der Waals surface area contributed by atoms with Gasteiger partial charge in [-0.2, -0.15) is 13.2 Å². The quantitative estimate of drug-likeness (QED) is 0.671. The average molecular weight is 370 g/mol. The standard InChI is InChI=1S/C11H22F3N3O3S.ClH/c1-9(8-20-2)21(18,19)16-7-10(11(12,13)14)17-5-3-15-4-6-17;/h9-10,15-16H,3-8H2,1-2H3;1H. The summed E-state index contributed by atoms with van der Waals surface area (Å²) in [5.41, 5.74) is 0. The zero-order valence-electron chi connectivity index (χ0n) is 12.5. The number of ether oxygens (including phenoxy) is 1. The molecule has 0 bridgehead atoms. The van der Waals surface area contributed by atoms with Crippen LogP contribution in [0.3, 0.4) is 0 Å². The van der Waals surface area contributed by atoms with Gasteiger partial charge in [0, 0.05) is 39.8 Å². The molecule has 0 radical (unpaired) electrons. The lowest BCUT2D eigenvalue weighted by atomic mass is 10.2. The van der Waals surface area contributed by atoms with E-state index in [4.69, 9.17) is 4.74 Å². The Bertz CT molecular complexity index is 417. The van der Waals surface area contributed by atoms with E-state index in [0.29, 0.717) is 13.1 Å². The lowest BCUT2D eigenvalue weighted by molar-refractivity contribution is -0.182. The summed E-state index contributed by atoms with van der Waals surface area (Å²) in [4.78, 5) is 1.25. The van der Waals surface area contributed by atoms with Crippen molar-refractivity contribution in [3.05, 3.63) is 0 Å². The highest BCUT2D eigenvalue weighted by Gasteiger charge is 2.44. The van der Waals surface area contributed by atoms with Crippen molar-refractivity contribution in [1.29, 1.82) is 0 Å². The number of hydrogen-bond acceptors (Lipinski definition) is 5. The minimum Gasteiger partial charge on any atom is -0.383 e. The number of rotatable bonds is 7. The van der Waals surface area contributed by atoms with Crippen LogP contribution in [0.4, 0.5) is 13.2 Å². The molecule has 0 saturated carbocycles. The van der Waals surface area contributed by atoms with Crippen LogP contribution in [-0.4, -0.2) is 77.2 Å². The van der Waals surface area contributed by atoms with Crippen molar-refractivity contribution in [2.75, 3.05) is 46.4 Å². The van der Waals surface area contributed by atoms with Crippen LogP contribution in [-0.2, 0) is 14.8 Å². The third-order valence-electron chi connectivity index (χ3n) is 3.38. The molecular weight excluding hydrogens is 347 g/mol. The summed E-state index contributed by atoms with van der Waals surface area (Å²) in [5, 5.41) is 2.06. The molecular formula is C11H23ClF3N3O3S. The third kappa shape index (κ3) is 6.55. The summed E-state index contributed by atoms with van der Waals surface area (Å²) in [5.74, 6) is 0. The molecule has 0 aromatic carbocycles. The van der Waals surface area contributed by atoms with Crippen LogP contribution in [0.1, 0.15) is 6.92 Å². The molecule has 2 unspecified atom stereocenters. The first-order valence-electron chi connectivity index (χ1n) is 6.67. The van der Waals surface area contributed by atoms with Gasteiger partial charge in [-0.05, 0) is 6.92 Å². The van der Waals surface area contributed by atoms with Gasteiger partial charge in [-0.3, -0.25) is 4.90 Å². The van der Waals surface area contributed by atoms with Crippen LogP contribution in [0.5, 0.6) is 0 Å². The summed E-state index contributed by atoms with van der Waals surface area (Å²) in [7, 11) is -2.50. The second kappa shape index (κ2) is 9.24. The first kappa shape index (κ1) is 21.9. The number of piperazine rings is 1. The molecule has 2 N–H and O–H groups in total. The smallest absolute Gasteiger partial charge is 0.383 e. The van der Waals surface area contributed by atoms with Crippen LogP contribution < -0.4 is 10.0 Å². The Morgan fingerprint density at radius 3 is 2.32 bits per heavy atom. The Morgan fingerprint density at radius 2 is 1.86 bits per heavy atom. The van der Waals surface area contributed by atoms with Crippen LogP contribution in [0.25, 0.3) is 0 Å². The summed E-state index contributed by atoms with van der Waals surface area (Å²) in [6.07, 6.45) is -4.48. The fourth-order valence-corrected chi connectivity index (χ4v) is 3.10. The van der Waals surface area contributed by atoms with E-state index in [1.54, 1.807) is 0 Å². The van der Waals surface area contributed by atoms with Gasteiger partial charge < -0.3 is 10.1 Å². The molecule has 11 heteroatoms. The maximum Gasteiger partial charge on any atom is 0.405 e. The lowest BCUT2D eigenvalue weighted by Crippen LogP contribution is -2.58. The second-order valence-corrected chi connectivity index (χ2v) is 7.19. The minimum atomic E-state index is -4.48. The van der Waals surface area contributed by atoms with Crippen molar-refractivity contribution in [2.24, 2.45) is 0 Å². The van der Waals surface area contributed by atoms with Crippen molar-refractivity contribution < 1.29 is 26.3 Å². The largest absolute Gasteiger partial charge is 0.405 e. The summed E-state index contributed by atoms with van der Waals surface area (Å²) < 4.78 is 69.8. The van der Waals surface area contributed by atoms with Crippen molar-refractivity contribution >= 4 is 22.4 Å². The van der Waals surface area contributed by atoms with E-state index in [-0.39, 0.29) is 32.1 Å². The van der Waals surface area contributed by atoms with Crippen LogP contribution >= 0.6 is 12.4 Å². The van der Waals surface area contributed by atoms with Gasteiger partial charge >= 0.3 is 6.18 Å². The highest BCUT2D eigenvalue weighted by Crippen LogP contribution is 2.25. The number of methoxy groups -OCH3 is 1. The summed E-state index contributed by atoms with van der Waals surface area (Å²) in [6, 6.07) is -1.82. The van der Waals surface area contributed by atoms with E-state index < -0.39 is 34.0 Å². The average Bonchev–Trinajstić information content (AvgIpc) is 2.38. The third-order valence-corrected chi connectivity index (χ3v) is 5.14. The molecule has 0 spiro atoms. The fraction of sp³-hybridized carbons (Fsp3) is 1.00. The summed E-state index contributed by atoms with van der Waals surface area (Å²) in [6.45, 7) is 2.02. The molecule has 134 valence electrons. The van der Waals surface area contributed by atoms with Gasteiger partial charge in [0.15, 0.2) is 0 Å². The van der Waals surface area contributed by atoms with Crippen molar-refractivity contribution in [2.45, 2.75) is 24.4 Å². The Balaban J connectivity index is 0.00000441. The molecule has 0 aliphatic carbocycles. The van der Waals surface area contributed by atoms with Crippen molar-refractivity contribution in [3.63, 3.8) is 0 Å². The Kier molecular flexibility index (Phi) is 9.18. The molecule has 22 heavy (non-hydrogen) atoms. The first-order valence-corrected chi connectivity index (χ1v) is 8.22. The first-order chi connectivity index (χ1) is 9.68. The SMILES string of the molecule is COCC(C)S(=O)(=O)NCC(N1CCNCC1)C(F)(F)F.Cl. The van der Waals surface area contributed by atoms with E-state index in [0.717, 1.165) is 0 Å². The number of sulfonamides is 1. The summed E-state index contributed by atoms with van der Waals surface area (Å²) >= 11 is 0. The van der Waals surface area contributed by atoms with Gasteiger partial charge in [-0.25, -0.2) is 13.1 Å². The maximum atomic E-state index is 13.1. The van der Waals surface area contributed by atoms with E-state index in [2.05, 4.69) is 10.0 Å². The Labute approximate surface area is 135 Å². The van der Waals surface area contributed by atoms with Gasteiger partial charge in [0.25, 0.3) is 0 Å². The number of hydrogen-bond donors (Lipinski definition) is 2. The molecule has 2 atom stereocenters. The van der Waals surface area contributed by atoms with Crippen LogP contribution in [0.2, 0.25) is 0 Å². The van der Waals surface area contributed by atoms with E-state index in [9.17, 15) is 21.6 Å². The topological polar surface area (TPSA) is 70.7 Å². The fourth-order valence-electron chi connectivity index (χ4n) is 2.11. The molecule has 0 aromatic heterocycles. The van der Waals surface area contributed by atoms with Gasteiger partial charge in [-0.1, -0.05) is 0 Å². The predicted molar refractivity (Wildman–Crippen MR) is 79.8 cm³/mol. The zero-order chi connectivity index (χ0) is 16.1. The highest BCUT2D eigenvalue weighted by atomic mass is 35.5. The highest BCUT2D eigenvalue weighted by molar-refractivity contribution is 7.90. The molecule has 6 nitrogen and oxygen atoms in total. The molecule has 0 amide bonds. The minimum absolute atomic E-state index is 0. The second-order valence-electron chi connectivity index (χ2n) is 5.00. The zero-order valence-corrected chi connectivity index (χ0v) is 14.2. The number of nitrogens with one attached hydrogen (secondary N) is 2. The Morgan fingerprint density at radius 1 is 1.32 bits per heavy atom. The molecule has 1 heterocycles. The van der Waals surface area contributed by atoms with Gasteiger partial charge in [0.1, 0.15) is 6.04 Å². The van der Waals surface area contributed by atoms with Gasteiger partial charge in [0.2, 0.25) is 10.0 Å².